The molecule has 4 rings (SSSR count). The number of para-hydroxylation sites is 1. The molecule has 0 radical (unpaired) electrons. The van der Waals surface area contributed by atoms with Crippen LogP contribution >= 0.6 is 0 Å². The van der Waals surface area contributed by atoms with Gasteiger partial charge in [-0.2, -0.15) is 0 Å². The van der Waals surface area contributed by atoms with Crippen molar-refractivity contribution in [1.82, 2.24) is 4.57 Å². The fourth-order valence-electron chi connectivity index (χ4n) is 4.73. The normalized spacial score (nSPS) is 14.9. The van der Waals surface area contributed by atoms with Crippen LogP contribution in [0.1, 0.15) is 47.5 Å². The van der Waals surface area contributed by atoms with E-state index >= 15 is 0 Å². The van der Waals surface area contributed by atoms with Crippen LogP contribution in [0.15, 0.2) is 65.4 Å². The molecule has 2 heterocycles. The van der Waals surface area contributed by atoms with Gasteiger partial charge in [0.25, 0.3) is 5.91 Å². The first-order valence-electron chi connectivity index (χ1n) is 11.9. The van der Waals surface area contributed by atoms with Crippen molar-refractivity contribution < 1.29 is 14.3 Å². The molecule has 3 aromatic rings. The molecule has 0 saturated carbocycles. The third-order valence-corrected chi connectivity index (χ3v) is 6.75. The van der Waals surface area contributed by atoms with Gasteiger partial charge in [0.15, 0.2) is 0 Å². The zero-order chi connectivity index (χ0) is 25.4. The molecule has 0 fully saturated rings. The fraction of sp³-hybridized carbons (Fsp3) is 0.267. The van der Waals surface area contributed by atoms with Crippen molar-refractivity contribution in [1.29, 1.82) is 0 Å². The average molecular weight is 469 g/mol. The zero-order valence-electron chi connectivity index (χ0n) is 21.5. The Balaban J connectivity index is 1.87. The van der Waals surface area contributed by atoms with Gasteiger partial charge in [-0.15, -0.1) is 0 Å². The summed E-state index contributed by atoms with van der Waals surface area (Å²) in [7, 11) is 0. The predicted octanol–water partition coefficient (Wildman–Crippen LogP) is 6.29. The van der Waals surface area contributed by atoms with Crippen LogP contribution in [0.3, 0.4) is 0 Å². The fourth-order valence-corrected chi connectivity index (χ4v) is 4.73. The highest BCUT2D eigenvalue weighted by Crippen LogP contribution is 2.37. The van der Waals surface area contributed by atoms with Crippen LogP contribution < -0.4 is 4.90 Å². The molecule has 0 atom stereocenters. The number of hydrogen-bond donors (Lipinski definition) is 0. The maximum atomic E-state index is 13.8. The Morgan fingerprint density at radius 1 is 0.914 bits per heavy atom. The summed E-state index contributed by atoms with van der Waals surface area (Å²) in [5.74, 6) is -0.710. The molecule has 5 heteroatoms. The number of amides is 1. The van der Waals surface area contributed by atoms with Crippen LogP contribution in [-0.2, 0) is 14.3 Å². The lowest BCUT2D eigenvalue weighted by Gasteiger charge is -2.19. The number of benzene rings is 2. The van der Waals surface area contributed by atoms with Crippen molar-refractivity contribution in [3.05, 3.63) is 99.0 Å². The van der Waals surface area contributed by atoms with Gasteiger partial charge in [-0.3, -0.25) is 9.69 Å². The Hall–Kier alpha value is -3.86. The van der Waals surface area contributed by atoms with E-state index in [2.05, 4.69) is 29.7 Å². The van der Waals surface area contributed by atoms with E-state index in [9.17, 15) is 9.59 Å². The van der Waals surface area contributed by atoms with E-state index in [0.717, 1.165) is 45.0 Å². The van der Waals surface area contributed by atoms with Gasteiger partial charge in [0.05, 0.1) is 17.8 Å². The standard InChI is InChI=1S/C30H32N2O3/c1-8-35-30(34)28-23(7)32(25-14-13-18(2)20(4)15-25)29(33)26(28)17-24-16-21(5)31(22(24)6)27-12-10-9-11-19(27)3/h9-17H,8H2,1-7H3/b26-17-. The lowest BCUT2D eigenvalue weighted by atomic mass is 10.0. The molecule has 1 aromatic heterocycles. The van der Waals surface area contributed by atoms with Crippen molar-refractivity contribution in [3.63, 3.8) is 0 Å². The predicted molar refractivity (Wildman–Crippen MR) is 141 cm³/mol. The van der Waals surface area contributed by atoms with Gasteiger partial charge in [-0.25, -0.2) is 4.79 Å². The SMILES string of the molecule is CCOC(=O)C1=C(C)N(c2ccc(C)c(C)c2)C(=O)/C1=C\c1cc(C)n(-c2ccccc2C)c1C. The average Bonchev–Trinajstić information content (AvgIpc) is 3.22. The molecule has 180 valence electrons. The molecular formula is C30H32N2O3. The highest BCUT2D eigenvalue weighted by atomic mass is 16.5. The van der Waals surface area contributed by atoms with Gasteiger partial charge in [0.2, 0.25) is 0 Å². The largest absolute Gasteiger partial charge is 0.462 e. The Bertz CT molecular complexity index is 1400. The Labute approximate surface area is 207 Å². The van der Waals surface area contributed by atoms with E-state index in [0.29, 0.717) is 16.8 Å². The monoisotopic (exact) mass is 468 g/mol. The van der Waals surface area contributed by atoms with Crippen molar-refractivity contribution in [3.8, 4) is 5.69 Å². The summed E-state index contributed by atoms with van der Waals surface area (Å²) in [6.07, 6.45) is 1.83. The van der Waals surface area contributed by atoms with E-state index in [4.69, 9.17) is 4.74 Å². The molecule has 0 bridgehead atoms. The summed E-state index contributed by atoms with van der Waals surface area (Å²) >= 11 is 0. The van der Waals surface area contributed by atoms with Crippen LogP contribution in [0.2, 0.25) is 0 Å². The number of nitrogens with zero attached hydrogens (tertiary/aromatic N) is 2. The number of aryl methyl sites for hydroxylation is 4. The Morgan fingerprint density at radius 2 is 1.63 bits per heavy atom. The summed E-state index contributed by atoms with van der Waals surface area (Å²) in [6.45, 7) is 14.0. The van der Waals surface area contributed by atoms with Crippen LogP contribution in [0.5, 0.6) is 0 Å². The molecule has 1 amide bonds. The topological polar surface area (TPSA) is 51.5 Å². The van der Waals surface area contributed by atoms with Crippen molar-refractivity contribution in [2.75, 3.05) is 11.5 Å². The highest BCUT2D eigenvalue weighted by Gasteiger charge is 2.38. The second-order valence-corrected chi connectivity index (χ2v) is 9.10. The number of ether oxygens (including phenoxy) is 1. The summed E-state index contributed by atoms with van der Waals surface area (Å²) in [4.78, 5) is 28.4. The van der Waals surface area contributed by atoms with Gasteiger partial charge < -0.3 is 9.30 Å². The van der Waals surface area contributed by atoms with E-state index in [1.54, 1.807) is 18.7 Å². The molecule has 35 heavy (non-hydrogen) atoms. The van der Waals surface area contributed by atoms with Crippen LogP contribution in [0.4, 0.5) is 5.69 Å². The van der Waals surface area contributed by atoms with Crippen molar-refractivity contribution >= 4 is 23.6 Å². The zero-order valence-corrected chi connectivity index (χ0v) is 21.5. The first kappa shape index (κ1) is 24.3. The first-order valence-corrected chi connectivity index (χ1v) is 11.9. The summed E-state index contributed by atoms with van der Waals surface area (Å²) < 4.78 is 7.55. The van der Waals surface area contributed by atoms with E-state index in [1.165, 1.54) is 0 Å². The Morgan fingerprint density at radius 3 is 2.29 bits per heavy atom. The van der Waals surface area contributed by atoms with Crippen LogP contribution in [-0.4, -0.2) is 23.1 Å². The number of aromatic nitrogens is 1. The highest BCUT2D eigenvalue weighted by molar-refractivity contribution is 6.23. The summed E-state index contributed by atoms with van der Waals surface area (Å²) in [6, 6.07) is 16.2. The molecular weight excluding hydrogens is 436 g/mol. The van der Waals surface area contributed by atoms with Crippen LogP contribution in [0, 0.1) is 34.6 Å². The second kappa shape index (κ2) is 9.41. The molecule has 0 N–H and O–H groups in total. The third-order valence-electron chi connectivity index (χ3n) is 6.75. The van der Waals surface area contributed by atoms with E-state index in [-0.39, 0.29) is 12.5 Å². The molecule has 0 spiro atoms. The first-order chi connectivity index (χ1) is 16.6. The molecule has 5 nitrogen and oxygen atoms in total. The minimum atomic E-state index is -0.483. The van der Waals surface area contributed by atoms with Crippen LogP contribution in [0.25, 0.3) is 11.8 Å². The van der Waals surface area contributed by atoms with Gasteiger partial charge in [0.1, 0.15) is 0 Å². The quantitative estimate of drug-likeness (QED) is 0.327. The molecule has 1 aliphatic heterocycles. The van der Waals surface area contributed by atoms with Gasteiger partial charge in [0, 0.05) is 28.5 Å². The third kappa shape index (κ3) is 4.23. The number of carbonyl (C=O) groups is 2. The molecule has 2 aromatic carbocycles. The van der Waals surface area contributed by atoms with Crippen molar-refractivity contribution in [2.24, 2.45) is 0 Å². The minimum Gasteiger partial charge on any atom is -0.462 e. The van der Waals surface area contributed by atoms with Gasteiger partial charge in [-0.1, -0.05) is 24.3 Å². The lowest BCUT2D eigenvalue weighted by molar-refractivity contribution is -0.138. The summed E-state index contributed by atoms with van der Waals surface area (Å²) in [5.41, 5.74) is 9.42. The van der Waals surface area contributed by atoms with Crippen molar-refractivity contribution in [2.45, 2.75) is 48.5 Å². The van der Waals surface area contributed by atoms with Gasteiger partial charge in [-0.05, 0) is 101 Å². The number of allylic oxidation sites excluding steroid dienone is 1. The lowest BCUT2D eigenvalue weighted by Crippen LogP contribution is -2.24. The number of carbonyl (C=O) groups excluding carboxylic acids is 2. The maximum Gasteiger partial charge on any atom is 0.340 e. The van der Waals surface area contributed by atoms with E-state index in [1.807, 2.05) is 64.1 Å². The molecule has 0 saturated heterocycles. The van der Waals surface area contributed by atoms with E-state index < -0.39 is 5.97 Å². The number of esters is 1. The van der Waals surface area contributed by atoms with Gasteiger partial charge >= 0.3 is 5.97 Å². The molecule has 0 aliphatic carbocycles. The number of hydrogen-bond acceptors (Lipinski definition) is 3. The molecule has 0 unspecified atom stereocenters. The second-order valence-electron chi connectivity index (χ2n) is 9.10. The maximum absolute atomic E-state index is 13.8. The minimum absolute atomic E-state index is 0.227. The number of rotatable bonds is 5. The molecule has 1 aliphatic rings. The summed E-state index contributed by atoms with van der Waals surface area (Å²) in [5, 5.41) is 0. The Kier molecular flexibility index (Phi) is 6.53. The number of anilines is 1. The smallest absolute Gasteiger partial charge is 0.340 e.